The van der Waals surface area contributed by atoms with Crippen LogP contribution in [0.1, 0.15) is 11.4 Å². The molecule has 0 atom stereocenters. The van der Waals surface area contributed by atoms with Crippen molar-refractivity contribution in [1.82, 2.24) is 19.8 Å². The average molecular weight is 338 g/mol. The Hall–Kier alpha value is -2.19. The van der Waals surface area contributed by atoms with E-state index in [4.69, 9.17) is 16.3 Å². The predicted octanol–water partition coefficient (Wildman–Crippen LogP) is 2.42. The zero-order valence-electron chi connectivity index (χ0n) is 11.6. The molecule has 1 amide bonds. The molecule has 0 spiro atoms. The molecule has 0 fully saturated rings. The van der Waals surface area contributed by atoms with E-state index in [1.54, 1.807) is 22.7 Å². The minimum absolute atomic E-state index is 0.133. The largest absolute Gasteiger partial charge is 0.495 e. The zero-order valence-corrected chi connectivity index (χ0v) is 13.2. The Morgan fingerprint density at radius 1 is 1.50 bits per heavy atom. The highest BCUT2D eigenvalue weighted by atomic mass is 35.5. The van der Waals surface area contributed by atoms with Crippen LogP contribution in [0.2, 0.25) is 5.02 Å². The normalized spacial score (nSPS) is 10.8. The van der Waals surface area contributed by atoms with Crippen molar-refractivity contribution < 1.29 is 9.53 Å². The molecule has 2 heterocycles. The van der Waals surface area contributed by atoms with Gasteiger partial charge in [-0.05, 0) is 18.2 Å². The Balaban J connectivity index is 1.62. The number of nitrogens with one attached hydrogen (secondary N) is 1. The molecule has 0 radical (unpaired) electrons. The number of methoxy groups -OCH3 is 1. The summed E-state index contributed by atoms with van der Waals surface area (Å²) in [7, 11) is 1.54. The molecule has 1 aromatic carbocycles. The number of hydrogen-bond acceptors (Lipinski definition) is 6. The highest BCUT2D eigenvalue weighted by Crippen LogP contribution is 2.27. The standard InChI is InChI=1S/C13H12ClN5O2S/c1-21-10-3-2-8(14)6-9(10)16-11(20)4-5-12-18-19-7-15-17-13(19)22-12/h2-3,6-7H,4-5H2,1H3,(H,16,20). The second-order valence-electron chi connectivity index (χ2n) is 4.45. The maximum atomic E-state index is 12.1. The van der Waals surface area contributed by atoms with Crippen LogP contribution in [-0.4, -0.2) is 32.8 Å². The molecule has 3 aromatic rings. The van der Waals surface area contributed by atoms with Crippen LogP contribution in [0, 0.1) is 0 Å². The van der Waals surface area contributed by atoms with Gasteiger partial charge in [-0.2, -0.15) is 9.61 Å². The molecule has 3 rings (SSSR count). The molecule has 0 aliphatic heterocycles. The summed E-state index contributed by atoms with van der Waals surface area (Å²) in [6.45, 7) is 0. The summed E-state index contributed by atoms with van der Waals surface area (Å²) in [5.74, 6) is 0.433. The SMILES string of the molecule is COc1ccc(Cl)cc1NC(=O)CCc1nn2cnnc2s1. The maximum absolute atomic E-state index is 12.1. The highest BCUT2D eigenvalue weighted by Gasteiger charge is 2.11. The van der Waals surface area contributed by atoms with E-state index >= 15 is 0 Å². The minimum atomic E-state index is -0.133. The van der Waals surface area contributed by atoms with Gasteiger partial charge in [-0.15, -0.1) is 10.2 Å². The quantitative estimate of drug-likeness (QED) is 0.773. The van der Waals surface area contributed by atoms with Gasteiger partial charge in [0, 0.05) is 17.9 Å². The fourth-order valence-corrected chi connectivity index (χ4v) is 2.90. The van der Waals surface area contributed by atoms with E-state index in [2.05, 4.69) is 20.6 Å². The summed E-state index contributed by atoms with van der Waals surface area (Å²) < 4.78 is 6.79. The van der Waals surface area contributed by atoms with Gasteiger partial charge in [-0.25, -0.2) is 0 Å². The van der Waals surface area contributed by atoms with Crippen LogP contribution in [0.4, 0.5) is 5.69 Å². The maximum Gasteiger partial charge on any atom is 0.234 e. The van der Waals surface area contributed by atoms with Gasteiger partial charge in [0.15, 0.2) is 0 Å². The zero-order chi connectivity index (χ0) is 15.5. The number of aryl methyl sites for hydroxylation is 1. The molecule has 114 valence electrons. The number of fused-ring (bicyclic) bond motifs is 1. The summed E-state index contributed by atoms with van der Waals surface area (Å²) >= 11 is 7.35. The van der Waals surface area contributed by atoms with Crippen LogP contribution >= 0.6 is 22.9 Å². The number of rotatable bonds is 5. The monoisotopic (exact) mass is 337 g/mol. The van der Waals surface area contributed by atoms with Crippen molar-refractivity contribution in [2.24, 2.45) is 0 Å². The number of carbonyl (C=O) groups is 1. The molecule has 2 aromatic heterocycles. The van der Waals surface area contributed by atoms with E-state index in [0.29, 0.717) is 34.3 Å². The summed E-state index contributed by atoms with van der Waals surface area (Å²) in [6, 6.07) is 5.07. The average Bonchev–Trinajstić information content (AvgIpc) is 3.06. The van der Waals surface area contributed by atoms with E-state index in [-0.39, 0.29) is 5.91 Å². The number of hydrogen-bond donors (Lipinski definition) is 1. The van der Waals surface area contributed by atoms with Crippen molar-refractivity contribution >= 4 is 39.5 Å². The van der Waals surface area contributed by atoms with E-state index in [9.17, 15) is 4.79 Å². The summed E-state index contributed by atoms with van der Waals surface area (Å²) in [4.78, 5) is 12.8. The number of ether oxygens (including phenoxy) is 1. The Morgan fingerprint density at radius 3 is 3.14 bits per heavy atom. The molecule has 1 N–H and O–H groups in total. The van der Waals surface area contributed by atoms with Crippen LogP contribution in [-0.2, 0) is 11.2 Å². The molecule has 0 aliphatic rings. The molecular formula is C13H12ClN5O2S. The van der Waals surface area contributed by atoms with Crippen LogP contribution in [0.15, 0.2) is 24.5 Å². The summed E-state index contributed by atoms with van der Waals surface area (Å²) in [5, 5.41) is 16.1. The van der Waals surface area contributed by atoms with Gasteiger partial charge in [-0.3, -0.25) is 4.79 Å². The lowest BCUT2D eigenvalue weighted by atomic mass is 10.2. The number of carbonyl (C=O) groups excluding carboxylic acids is 1. The van der Waals surface area contributed by atoms with Crippen LogP contribution in [0.25, 0.3) is 4.96 Å². The molecule has 0 saturated heterocycles. The first-order valence-corrected chi connectivity index (χ1v) is 7.64. The van der Waals surface area contributed by atoms with Gasteiger partial charge in [0.1, 0.15) is 17.1 Å². The molecule has 0 unspecified atom stereocenters. The molecule has 0 bridgehead atoms. The Labute approximate surface area is 134 Å². The molecule has 22 heavy (non-hydrogen) atoms. The molecular weight excluding hydrogens is 326 g/mol. The topological polar surface area (TPSA) is 81.4 Å². The predicted molar refractivity (Wildman–Crippen MR) is 83.6 cm³/mol. The molecule has 0 saturated carbocycles. The molecule has 0 aliphatic carbocycles. The van der Waals surface area contributed by atoms with Crippen molar-refractivity contribution in [2.75, 3.05) is 12.4 Å². The van der Waals surface area contributed by atoms with Crippen molar-refractivity contribution in [2.45, 2.75) is 12.8 Å². The van der Waals surface area contributed by atoms with Crippen molar-refractivity contribution in [1.29, 1.82) is 0 Å². The van der Waals surface area contributed by atoms with Gasteiger partial charge in [0.2, 0.25) is 10.9 Å². The number of halogens is 1. The minimum Gasteiger partial charge on any atom is -0.495 e. The third kappa shape index (κ3) is 3.18. The third-order valence-corrected chi connectivity index (χ3v) is 4.14. The summed E-state index contributed by atoms with van der Waals surface area (Å²) in [6.07, 6.45) is 2.37. The molecule has 7 nitrogen and oxygen atoms in total. The van der Waals surface area contributed by atoms with Crippen LogP contribution in [0.5, 0.6) is 5.75 Å². The lowest BCUT2D eigenvalue weighted by molar-refractivity contribution is -0.116. The lowest BCUT2D eigenvalue weighted by Crippen LogP contribution is -2.13. The van der Waals surface area contributed by atoms with Crippen molar-refractivity contribution in [3.05, 3.63) is 34.6 Å². The van der Waals surface area contributed by atoms with Crippen LogP contribution < -0.4 is 10.1 Å². The van der Waals surface area contributed by atoms with E-state index in [1.165, 1.54) is 24.8 Å². The first-order valence-electron chi connectivity index (χ1n) is 6.45. The Kier molecular flexibility index (Phi) is 4.21. The number of benzene rings is 1. The van der Waals surface area contributed by atoms with E-state index < -0.39 is 0 Å². The first kappa shape index (κ1) is 14.7. The number of nitrogens with zero attached hydrogens (tertiary/aromatic N) is 4. The van der Waals surface area contributed by atoms with Crippen molar-refractivity contribution in [3.63, 3.8) is 0 Å². The highest BCUT2D eigenvalue weighted by molar-refractivity contribution is 7.16. The second-order valence-corrected chi connectivity index (χ2v) is 5.92. The summed E-state index contributed by atoms with van der Waals surface area (Å²) in [5.41, 5.74) is 0.554. The van der Waals surface area contributed by atoms with Crippen LogP contribution in [0.3, 0.4) is 0 Å². The number of anilines is 1. The van der Waals surface area contributed by atoms with E-state index in [0.717, 1.165) is 5.01 Å². The van der Waals surface area contributed by atoms with Gasteiger partial charge < -0.3 is 10.1 Å². The number of aromatic nitrogens is 4. The van der Waals surface area contributed by atoms with Gasteiger partial charge >= 0.3 is 0 Å². The Morgan fingerprint density at radius 2 is 2.36 bits per heavy atom. The van der Waals surface area contributed by atoms with Gasteiger partial charge in [0.05, 0.1) is 12.8 Å². The second kappa shape index (κ2) is 6.29. The fraction of sp³-hybridized carbons (Fsp3) is 0.231. The first-order chi connectivity index (χ1) is 10.7. The molecule has 9 heteroatoms. The van der Waals surface area contributed by atoms with Gasteiger partial charge in [0.25, 0.3) is 0 Å². The van der Waals surface area contributed by atoms with Gasteiger partial charge in [-0.1, -0.05) is 22.9 Å². The smallest absolute Gasteiger partial charge is 0.234 e. The lowest BCUT2D eigenvalue weighted by Gasteiger charge is -2.10. The Bertz CT molecular complexity index is 787. The van der Waals surface area contributed by atoms with E-state index in [1.807, 2.05) is 0 Å². The van der Waals surface area contributed by atoms with Crippen molar-refractivity contribution in [3.8, 4) is 5.75 Å². The number of amides is 1. The third-order valence-electron chi connectivity index (χ3n) is 2.93. The fourth-order valence-electron chi connectivity index (χ4n) is 1.91.